The molecule has 2 bridgehead atoms. The smallest absolute Gasteiger partial charge is 0.225 e. The van der Waals surface area contributed by atoms with Crippen LogP contribution >= 0.6 is 0 Å². The van der Waals surface area contributed by atoms with E-state index in [9.17, 15) is 0 Å². The van der Waals surface area contributed by atoms with Gasteiger partial charge < -0.3 is 10.6 Å². The average Bonchev–Trinajstić information content (AvgIpc) is 3.17. The van der Waals surface area contributed by atoms with Crippen molar-refractivity contribution in [2.75, 3.05) is 23.7 Å². The van der Waals surface area contributed by atoms with E-state index in [1.165, 1.54) is 12.8 Å². The first-order valence-electron chi connectivity index (χ1n) is 10.6. The number of aryl methyl sites for hydroxylation is 1. The zero-order valence-corrected chi connectivity index (χ0v) is 17.1. The molecule has 0 radical (unpaired) electrons. The van der Waals surface area contributed by atoms with Crippen LogP contribution in [0.3, 0.4) is 0 Å². The number of H-pyrrole nitrogens is 1. The van der Waals surface area contributed by atoms with Crippen LogP contribution in [0.5, 0.6) is 0 Å². The van der Waals surface area contributed by atoms with Gasteiger partial charge in [0.25, 0.3) is 0 Å². The van der Waals surface area contributed by atoms with Crippen LogP contribution in [-0.4, -0.2) is 50.2 Å². The van der Waals surface area contributed by atoms with E-state index in [0.717, 1.165) is 47.7 Å². The molecule has 1 aromatic carbocycles. The number of fused-ring (bicyclic) bond motifs is 4. The molecule has 0 spiro atoms. The van der Waals surface area contributed by atoms with Crippen molar-refractivity contribution in [3.05, 3.63) is 36.0 Å². The first-order chi connectivity index (χ1) is 14.7. The normalized spacial score (nSPS) is 23.4. The Kier molecular flexibility index (Phi) is 4.97. The van der Waals surface area contributed by atoms with Gasteiger partial charge in [0.05, 0.1) is 11.6 Å². The topological polar surface area (TPSA) is 106 Å². The third-order valence-corrected chi connectivity index (χ3v) is 6.33. The summed E-state index contributed by atoms with van der Waals surface area (Å²) < 4.78 is 0. The third kappa shape index (κ3) is 3.68. The van der Waals surface area contributed by atoms with E-state index < -0.39 is 0 Å². The first-order valence-corrected chi connectivity index (χ1v) is 10.6. The summed E-state index contributed by atoms with van der Waals surface area (Å²) in [6.07, 6.45) is 4.12. The van der Waals surface area contributed by atoms with E-state index in [1.807, 2.05) is 37.3 Å². The second kappa shape index (κ2) is 7.92. The van der Waals surface area contributed by atoms with Crippen LogP contribution in [0.1, 0.15) is 31.4 Å². The quantitative estimate of drug-likeness (QED) is 0.579. The number of piperidine rings is 2. The zero-order chi connectivity index (χ0) is 20.5. The lowest BCUT2D eigenvalue weighted by Crippen LogP contribution is -2.56. The molecule has 2 unspecified atom stereocenters. The molecule has 3 aromatic rings. The third-order valence-electron chi connectivity index (χ3n) is 6.33. The van der Waals surface area contributed by atoms with Gasteiger partial charge >= 0.3 is 0 Å². The molecule has 0 amide bonds. The van der Waals surface area contributed by atoms with E-state index in [-0.39, 0.29) is 0 Å². The molecule has 6 rings (SSSR count). The molecule has 2 aliphatic heterocycles. The monoisotopic (exact) mass is 402 g/mol. The number of rotatable bonds is 6. The molecule has 154 valence electrons. The Bertz CT molecular complexity index is 1080. The Labute approximate surface area is 175 Å². The maximum absolute atomic E-state index is 8.92. The van der Waals surface area contributed by atoms with E-state index in [4.69, 9.17) is 15.2 Å². The maximum Gasteiger partial charge on any atom is 0.225 e. The van der Waals surface area contributed by atoms with Gasteiger partial charge in [-0.2, -0.15) is 15.3 Å². The lowest BCUT2D eigenvalue weighted by atomic mass is 9.76. The zero-order valence-electron chi connectivity index (χ0n) is 17.1. The molecule has 8 nitrogen and oxygen atoms in total. The van der Waals surface area contributed by atoms with E-state index >= 15 is 0 Å². The molecule has 2 aromatic heterocycles. The van der Waals surface area contributed by atoms with Gasteiger partial charge in [-0.05, 0) is 44.2 Å². The summed E-state index contributed by atoms with van der Waals surface area (Å²) in [5, 5.41) is 24.1. The number of nitriles is 1. The molecule has 3 aliphatic rings. The Morgan fingerprint density at radius 1 is 1.27 bits per heavy atom. The van der Waals surface area contributed by atoms with Gasteiger partial charge in [-0.15, -0.1) is 0 Å². The number of aromatic amines is 1. The van der Waals surface area contributed by atoms with Crippen LogP contribution in [-0.2, 0) is 0 Å². The molecular weight excluding hydrogens is 376 g/mol. The van der Waals surface area contributed by atoms with Crippen molar-refractivity contribution in [2.24, 2.45) is 5.92 Å². The lowest BCUT2D eigenvalue weighted by molar-refractivity contribution is 0.0413. The fourth-order valence-electron chi connectivity index (χ4n) is 4.86. The molecule has 4 heterocycles. The second-order valence-corrected chi connectivity index (χ2v) is 8.36. The van der Waals surface area contributed by atoms with Crippen molar-refractivity contribution in [3.63, 3.8) is 0 Å². The number of benzene rings is 1. The largest absolute Gasteiger partial charge is 0.351 e. The van der Waals surface area contributed by atoms with Gasteiger partial charge in [0, 0.05) is 48.7 Å². The van der Waals surface area contributed by atoms with Crippen LogP contribution < -0.4 is 10.6 Å². The molecule has 1 aliphatic carbocycles. The molecule has 3 N–H and O–H groups in total. The number of hydrogen-bond acceptors (Lipinski definition) is 7. The SMILES string of the molecule is Cc1cc(Nc2nc(NC3CC4CC[C@@H]3CN4CCC#N)nc3ccccc23)n[nH]1. The molecular formula is C22H26N8. The maximum atomic E-state index is 8.92. The number of anilines is 3. The summed E-state index contributed by atoms with van der Waals surface area (Å²) >= 11 is 0. The summed E-state index contributed by atoms with van der Waals surface area (Å²) in [6.45, 7) is 3.91. The average molecular weight is 403 g/mol. The van der Waals surface area contributed by atoms with Crippen molar-refractivity contribution in [3.8, 4) is 6.07 Å². The number of para-hydroxylation sites is 1. The summed E-state index contributed by atoms with van der Waals surface area (Å²) in [5.41, 5.74) is 1.90. The van der Waals surface area contributed by atoms with Crippen LogP contribution in [0.4, 0.5) is 17.6 Å². The van der Waals surface area contributed by atoms with E-state index in [1.54, 1.807) is 0 Å². The highest BCUT2D eigenvalue weighted by molar-refractivity contribution is 5.91. The Hall–Kier alpha value is -3.18. The second-order valence-electron chi connectivity index (χ2n) is 8.36. The minimum atomic E-state index is 0.365. The highest BCUT2D eigenvalue weighted by Crippen LogP contribution is 2.37. The number of nitrogens with zero attached hydrogens (tertiary/aromatic N) is 5. The Balaban J connectivity index is 1.38. The fourth-order valence-corrected chi connectivity index (χ4v) is 4.86. The predicted octanol–water partition coefficient (Wildman–Crippen LogP) is 3.58. The van der Waals surface area contributed by atoms with Gasteiger partial charge in [-0.1, -0.05) is 12.1 Å². The van der Waals surface area contributed by atoms with Gasteiger partial charge in [-0.3, -0.25) is 10.00 Å². The predicted molar refractivity (Wildman–Crippen MR) is 116 cm³/mol. The van der Waals surface area contributed by atoms with Crippen molar-refractivity contribution in [1.29, 1.82) is 5.26 Å². The summed E-state index contributed by atoms with van der Waals surface area (Å²) in [4.78, 5) is 12.1. The number of nitrogens with one attached hydrogen (secondary N) is 3. The van der Waals surface area contributed by atoms with Crippen molar-refractivity contribution in [2.45, 2.75) is 44.7 Å². The van der Waals surface area contributed by atoms with Crippen molar-refractivity contribution in [1.82, 2.24) is 25.1 Å². The molecule has 8 heteroatoms. The Morgan fingerprint density at radius 2 is 2.17 bits per heavy atom. The van der Waals surface area contributed by atoms with Gasteiger partial charge in [0.2, 0.25) is 5.95 Å². The number of hydrogen-bond donors (Lipinski definition) is 3. The van der Waals surface area contributed by atoms with Crippen molar-refractivity contribution < 1.29 is 0 Å². The number of aromatic nitrogens is 4. The first kappa shape index (κ1) is 18.8. The molecule has 3 fully saturated rings. The Morgan fingerprint density at radius 3 is 2.93 bits per heavy atom. The molecule has 2 saturated heterocycles. The summed E-state index contributed by atoms with van der Waals surface area (Å²) in [5.74, 6) is 2.72. The van der Waals surface area contributed by atoms with Gasteiger partial charge in [0.1, 0.15) is 5.82 Å². The van der Waals surface area contributed by atoms with Crippen LogP contribution in [0, 0.1) is 24.2 Å². The molecule has 30 heavy (non-hydrogen) atoms. The summed E-state index contributed by atoms with van der Waals surface area (Å²) in [7, 11) is 0. The van der Waals surface area contributed by atoms with Gasteiger partial charge in [0.15, 0.2) is 5.82 Å². The summed E-state index contributed by atoms with van der Waals surface area (Å²) in [6, 6.07) is 13.2. The minimum absolute atomic E-state index is 0.365. The molecule has 1 saturated carbocycles. The standard InChI is InChI=1S/C22H26N8/c1-14-11-20(29-28-14)26-21-17-5-2-3-6-18(17)24-22(27-21)25-19-12-16-8-7-15(19)13-30(16)10-4-9-23/h2-3,5-6,11,15-16,19H,4,7-8,10,12-13H2,1H3,(H3,24,25,26,27,28,29)/t15-,16?,19?/m1/s1. The van der Waals surface area contributed by atoms with Crippen LogP contribution in [0.2, 0.25) is 0 Å². The van der Waals surface area contributed by atoms with Gasteiger partial charge in [-0.25, -0.2) is 4.98 Å². The highest BCUT2D eigenvalue weighted by atomic mass is 15.2. The van der Waals surface area contributed by atoms with E-state index in [2.05, 4.69) is 31.8 Å². The minimum Gasteiger partial charge on any atom is -0.351 e. The van der Waals surface area contributed by atoms with E-state index in [0.29, 0.717) is 30.4 Å². The van der Waals surface area contributed by atoms with Crippen LogP contribution in [0.25, 0.3) is 10.9 Å². The lowest BCUT2D eigenvalue weighted by Gasteiger charge is -2.49. The molecule has 3 atom stereocenters. The fraction of sp³-hybridized carbons (Fsp3) is 0.455. The van der Waals surface area contributed by atoms with Crippen molar-refractivity contribution >= 4 is 28.5 Å². The van der Waals surface area contributed by atoms with Crippen LogP contribution in [0.15, 0.2) is 30.3 Å². The highest BCUT2D eigenvalue weighted by Gasteiger charge is 2.40.